The maximum Gasteiger partial charge on any atom is 0.220 e. The fourth-order valence-electron chi connectivity index (χ4n) is 3.25. The van der Waals surface area contributed by atoms with Crippen molar-refractivity contribution in [3.8, 4) is 12.3 Å². The van der Waals surface area contributed by atoms with Crippen molar-refractivity contribution in [1.82, 2.24) is 5.32 Å². The topological polar surface area (TPSA) is 57.1 Å². The van der Waals surface area contributed by atoms with Gasteiger partial charge in [-0.2, -0.15) is 10.2 Å². The van der Waals surface area contributed by atoms with Crippen LogP contribution in [0.1, 0.15) is 32.1 Å². The molecule has 0 spiro atoms. The second-order valence-electron chi connectivity index (χ2n) is 6.74. The molecule has 0 aliphatic carbocycles. The smallest absolute Gasteiger partial charge is 0.220 e. The van der Waals surface area contributed by atoms with Crippen LogP contribution in [0.25, 0.3) is 0 Å². The lowest BCUT2D eigenvalue weighted by Gasteiger charge is -2.20. The van der Waals surface area contributed by atoms with Crippen LogP contribution in [0.2, 0.25) is 5.02 Å². The molecule has 1 atom stereocenters. The Morgan fingerprint density at radius 3 is 2.92 bits per heavy atom. The van der Waals surface area contributed by atoms with E-state index in [1.807, 2.05) is 24.3 Å². The molecule has 1 aromatic rings. The number of hydrogen-bond donors (Lipinski definition) is 1. The summed E-state index contributed by atoms with van der Waals surface area (Å²) in [5, 5.41) is 12.0. The maximum atomic E-state index is 12.1. The highest BCUT2D eigenvalue weighted by atomic mass is 35.5. The molecule has 6 heteroatoms. The Labute approximate surface area is 153 Å². The third kappa shape index (κ3) is 4.73. The standard InChI is InChI=1S/C19H23ClN4O/c1-2-3-10-19(22-23-19)11-8-18(25)21-13-15-9-12-24(14-15)17-7-5-4-6-16(17)20/h1,4-7,15H,3,8-14H2,(H,21,25). The third-order valence-corrected chi connectivity index (χ3v) is 5.19. The zero-order valence-corrected chi connectivity index (χ0v) is 15.0. The largest absolute Gasteiger partial charge is 0.370 e. The van der Waals surface area contributed by atoms with Gasteiger partial charge in [0.15, 0.2) is 5.66 Å². The number of carbonyl (C=O) groups is 1. The van der Waals surface area contributed by atoms with Crippen molar-refractivity contribution in [2.75, 3.05) is 24.5 Å². The van der Waals surface area contributed by atoms with Crippen molar-refractivity contribution in [1.29, 1.82) is 0 Å². The van der Waals surface area contributed by atoms with E-state index < -0.39 is 0 Å². The molecule has 3 rings (SSSR count). The summed E-state index contributed by atoms with van der Waals surface area (Å²) < 4.78 is 0. The predicted octanol–water partition coefficient (Wildman–Crippen LogP) is 3.64. The molecule has 1 N–H and O–H groups in total. The van der Waals surface area contributed by atoms with Gasteiger partial charge in [0.25, 0.3) is 0 Å². The number of rotatable bonds is 8. The lowest BCUT2D eigenvalue weighted by Crippen LogP contribution is -2.31. The summed E-state index contributed by atoms with van der Waals surface area (Å²) in [4.78, 5) is 14.4. The molecule has 0 radical (unpaired) electrons. The molecule has 25 heavy (non-hydrogen) atoms. The molecular weight excluding hydrogens is 336 g/mol. The van der Waals surface area contributed by atoms with Crippen molar-refractivity contribution in [2.24, 2.45) is 16.1 Å². The number of para-hydroxylation sites is 1. The van der Waals surface area contributed by atoms with Crippen LogP contribution in [-0.4, -0.2) is 31.2 Å². The van der Waals surface area contributed by atoms with Gasteiger partial charge in [-0.15, -0.1) is 12.3 Å². The minimum absolute atomic E-state index is 0.0635. The van der Waals surface area contributed by atoms with Gasteiger partial charge in [-0.3, -0.25) is 4.79 Å². The van der Waals surface area contributed by atoms with E-state index in [0.29, 0.717) is 31.7 Å². The summed E-state index contributed by atoms with van der Waals surface area (Å²) in [6.45, 7) is 2.59. The molecule has 0 bridgehead atoms. The fraction of sp³-hybridized carbons (Fsp3) is 0.526. The van der Waals surface area contributed by atoms with Gasteiger partial charge >= 0.3 is 0 Å². The molecule has 0 saturated carbocycles. The van der Waals surface area contributed by atoms with Crippen molar-refractivity contribution >= 4 is 23.2 Å². The SMILES string of the molecule is C#CCCC1(CCC(=O)NCC2CCN(c3ccccc3Cl)C2)N=N1. The number of carbonyl (C=O) groups excluding carboxylic acids is 1. The van der Waals surface area contributed by atoms with Crippen LogP contribution in [0.3, 0.4) is 0 Å². The number of amides is 1. The Balaban J connectivity index is 1.37. The highest BCUT2D eigenvalue weighted by molar-refractivity contribution is 6.33. The van der Waals surface area contributed by atoms with Crippen LogP contribution in [0.4, 0.5) is 5.69 Å². The van der Waals surface area contributed by atoms with Crippen molar-refractivity contribution in [3.63, 3.8) is 0 Å². The van der Waals surface area contributed by atoms with Crippen LogP contribution < -0.4 is 10.2 Å². The van der Waals surface area contributed by atoms with Crippen molar-refractivity contribution in [3.05, 3.63) is 29.3 Å². The monoisotopic (exact) mass is 358 g/mol. The molecule has 1 fully saturated rings. The van der Waals surface area contributed by atoms with E-state index in [0.717, 1.165) is 36.6 Å². The zero-order chi connectivity index (χ0) is 17.7. The van der Waals surface area contributed by atoms with Gasteiger partial charge in [-0.25, -0.2) is 0 Å². The molecular formula is C19H23ClN4O. The summed E-state index contributed by atoms with van der Waals surface area (Å²) in [5.41, 5.74) is 0.697. The minimum Gasteiger partial charge on any atom is -0.370 e. The number of nitrogens with zero attached hydrogens (tertiary/aromatic N) is 3. The Hall–Kier alpha value is -2.06. The lowest BCUT2D eigenvalue weighted by molar-refractivity contribution is -0.121. The van der Waals surface area contributed by atoms with Crippen LogP contribution in [0, 0.1) is 18.3 Å². The minimum atomic E-state index is -0.377. The summed E-state index contributed by atoms with van der Waals surface area (Å²) in [6, 6.07) is 7.90. The van der Waals surface area contributed by atoms with Crippen LogP contribution in [0.15, 0.2) is 34.5 Å². The zero-order valence-electron chi connectivity index (χ0n) is 14.2. The van der Waals surface area contributed by atoms with Crippen LogP contribution in [-0.2, 0) is 4.79 Å². The molecule has 0 aromatic heterocycles. The maximum absolute atomic E-state index is 12.1. The van der Waals surface area contributed by atoms with Gasteiger partial charge in [-0.05, 0) is 24.5 Å². The van der Waals surface area contributed by atoms with Gasteiger partial charge in [0.05, 0.1) is 10.7 Å². The van der Waals surface area contributed by atoms with E-state index in [9.17, 15) is 4.79 Å². The first-order valence-corrected chi connectivity index (χ1v) is 9.13. The second-order valence-corrected chi connectivity index (χ2v) is 7.15. The molecule has 1 saturated heterocycles. The first-order chi connectivity index (χ1) is 12.1. The Bertz CT molecular complexity index is 691. The molecule has 5 nitrogen and oxygen atoms in total. The highest BCUT2D eigenvalue weighted by Crippen LogP contribution is 2.37. The Kier molecular flexibility index (Phi) is 5.60. The van der Waals surface area contributed by atoms with Crippen LogP contribution >= 0.6 is 11.6 Å². The van der Waals surface area contributed by atoms with E-state index in [4.69, 9.17) is 18.0 Å². The number of anilines is 1. The van der Waals surface area contributed by atoms with Gasteiger partial charge < -0.3 is 10.2 Å². The van der Waals surface area contributed by atoms with E-state index in [1.165, 1.54) is 0 Å². The van der Waals surface area contributed by atoms with Gasteiger partial charge in [0.2, 0.25) is 5.91 Å². The van der Waals surface area contributed by atoms with Crippen molar-refractivity contribution < 1.29 is 4.79 Å². The number of terminal acetylenes is 1. The highest BCUT2D eigenvalue weighted by Gasteiger charge is 2.39. The molecule has 2 heterocycles. The lowest BCUT2D eigenvalue weighted by atomic mass is 10.0. The van der Waals surface area contributed by atoms with E-state index in [-0.39, 0.29) is 11.6 Å². The Morgan fingerprint density at radius 2 is 2.20 bits per heavy atom. The van der Waals surface area contributed by atoms with E-state index in [2.05, 4.69) is 26.4 Å². The fourth-order valence-corrected chi connectivity index (χ4v) is 3.51. The molecule has 1 aromatic carbocycles. The number of hydrogen-bond acceptors (Lipinski definition) is 4. The van der Waals surface area contributed by atoms with E-state index >= 15 is 0 Å². The number of halogens is 1. The van der Waals surface area contributed by atoms with Gasteiger partial charge in [0.1, 0.15) is 0 Å². The first-order valence-electron chi connectivity index (χ1n) is 8.75. The molecule has 1 amide bonds. The molecule has 2 aliphatic rings. The first kappa shape index (κ1) is 17.8. The molecule has 2 aliphatic heterocycles. The normalized spacial score (nSPS) is 20.3. The Morgan fingerprint density at radius 1 is 1.40 bits per heavy atom. The average molecular weight is 359 g/mol. The number of nitrogens with one attached hydrogen (secondary N) is 1. The third-order valence-electron chi connectivity index (χ3n) is 4.87. The van der Waals surface area contributed by atoms with Gasteiger partial charge in [-0.1, -0.05) is 23.7 Å². The quantitative estimate of drug-likeness (QED) is 0.721. The number of benzene rings is 1. The average Bonchev–Trinajstić information content (AvgIpc) is 3.24. The summed E-state index contributed by atoms with van der Waals surface area (Å²) >= 11 is 6.26. The summed E-state index contributed by atoms with van der Waals surface area (Å²) in [5.74, 6) is 3.11. The van der Waals surface area contributed by atoms with Crippen LogP contribution in [0.5, 0.6) is 0 Å². The second kappa shape index (κ2) is 7.88. The predicted molar refractivity (Wildman–Crippen MR) is 99.7 cm³/mol. The van der Waals surface area contributed by atoms with Crippen molar-refractivity contribution in [2.45, 2.75) is 37.8 Å². The molecule has 1 unspecified atom stereocenters. The summed E-state index contributed by atoms with van der Waals surface area (Å²) in [6.07, 6.45) is 8.81. The summed E-state index contributed by atoms with van der Waals surface area (Å²) in [7, 11) is 0. The van der Waals surface area contributed by atoms with Gasteiger partial charge in [0, 0.05) is 45.3 Å². The molecule has 132 valence electrons. The van der Waals surface area contributed by atoms with E-state index in [1.54, 1.807) is 0 Å².